The molecule has 132 valence electrons. The van der Waals surface area contributed by atoms with Crippen LogP contribution in [0.4, 0.5) is 0 Å². The van der Waals surface area contributed by atoms with Gasteiger partial charge in [0.05, 0.1) is 11.6 Å². The standard InChI is InChI=1S/C21H27N3O/c1-4-21-11-8-12-23(5-2)19(21)18-14(3)15-9-6-7-10-16(15)24(18)17(13-21)20(22)25/h6-7,9-10,13,19H,4-5,8,11-12H2,1-3H3,(H2,22,25)/t19-,21+/m1/s1. The lowest BCUT2D eigenvalue weighted by atomic mass is 9.67. The second-order valence-electron chi connectivity index (χ2n) is 7.48. The molecule has 0 aliphatic carbocycles. The predicted octanol–water partition coefficient (Wildman–Crippen LogP) is 3.84. The van der Waals surface area contributed by atoms with Gasteiger partial charge in [0, 0.05) is 16.5 Å². The van der Waals surface area contributed by atoms with Gasteiger partial charge < -0.3 is 10.3 Å². The molecule has 1 aromatic heterocycles. The van der Waals surface area contributed by atoms with Gasteiger partial charge in [0.25, 0.3) is 5.91 Å². The molecule has 1 amide bonds. The molecule has 1 aromatic carbocycles. The number of hydrogen-bond donors (Lipinski definition) is 1. The van der Waals surface area contributed by atoms with Crippen molar-refractivity contribution in [2.45, 2.75) is 46.1 Å². The first kappa shape index (κ1) is 16.4. The summed E-state index contributed by atoms with van der Waals surface area (Å²) in [5.74, 6) is -0.332. The number of likely N-dealkylation sites (tertiary alicyclic amines) is 1. The molecule has 4 heteroatoms. The van der Waals surface area contributed by atoms with Crippen LogP contribution in [-0.2, 0) is 4.79 Å². The molecule has 0 saturated carbocycles. The summed E-state index contributed by atoms with van der Waals surface area (Å²) in [4.78, 5) is 15.0. The first-order valence-corrected chi connectivity index (χ1v) is 9.41. The van der Waals surface area contributed by atoms with Gasteiger partial charge in [0.2, 0.25) is 0 Å². The Morgan fingerprint density at radius 2 is 2.08 bits per heavy atom. The summed E-state index contributed by atoms with van der Waals surface area (Å²) in [5.41, 5.74) is 10.1. The molecule has 2 aliphatic heterocycles. The highest BCUT2D eigenvalue weighted by molar-refractivity contribution is 6.15. The van der Waals surface area contributed by atoms with Crippen molar-refractivity contribution in [1.82, 2.24) is 9.47 Å². The minimum absolute atomic E-state index is 0.00619. The maximum Gasteiger partial charge on any atom is 0.265 e. The van der Waals surface area contributed by atoms with Gasteiger partial charge in [0.1, 0.15) is 5.70 Å². The smallest absolute Gasteiger partial charge is 0.265 e. The quantitative estimate of drug-likeness (QED) is 0.925. The number of hydrogen-bond acceptors (Lipinski definition) is 2. The summed E-state index contributed by atoms with van der Waals surface area (Å²) in [5, 5.41) is 1.22. The Kier molecular flexibility index (Phi) is 3.76. The van der Waals surface area contributed by atoms with Crippen LogP contribution in [0.5, 0.6) is 0 Å². The number of nitrogens with two attached hydrogens (primary N) is 1. The predicted molar refractivity (Wildman–Crippen MR) is 102 cm³/mol. The summed E-state index contributed by atoms with van der Waals surface area (Å²) >= 11 is 0. The summed E-state index contributed by atoms with van der Waals surface area (Å²) in [7, 11) is 0. The molecule has 0 radical (unpaired) electrons. The van der Waals surface area contributed by atoms with E-state index >= 15 is 0 Å². The van der Waals surface area contributed by atoms with Gasteiger partial charge in [-0.25, -0.2) is 0 Å². The summed E-state index contributed by atoms with van der Waals surface area (Å²) < 4.78 is 2.14. The number of amides is 1. The van der Waals surface area contributed by atoms with E-state index in [4.69, 9.17) is 5.73 Å². The number of aryl methyl sites for hydroxylation is 1. The molecule has 1 fully saturated rings. The number of primary amides is 1. The Morgan fingerprint density at radius 1 is 1.32 bits per heavy atom. The fourth-order valence-corrected chi connectivity index (χ4v) is 5.18. The van der Waals surface area contributed by atoms with E-state index < -0.39 is 0 Å². The molecular formula is C21H27N3O. The van der Waals surface area contributed by atoms with Gasteiger partial charge in [-0.1, -0.05) is 32.0 Å². The van der Waals surface area contributed by atoms with Crippen molar-refractivity contribution in [2.75, 3.05) is 13.1 Å². The highest BCUT2D eigenvalue weighted by Gasteiger charge is 2.48. The molecule has 2 N–H and O–H groups in total. The van der Waals surface area contributed by atoms with Crippen LogP contribution < -0.4 is 5.73 Å². The minimum atomic E-state index is -0.332. The third-order valence-corrected chi connectivity index (χ3v) is 6.41. The lowest BCUT2D eigenvalue weighted by Crippen LogP contribution is -2.48. The Morgan fingerprint density at radius 3 is 2.76 bits per heavy atom. The van der Waals surface area contributed by atoms with Gasteiger partial charge in [0.15, 0.2) is 0 Å². The third-order valence-electron chi connectivity index (χ3n) is 6.41. The van der Waals surface area contributed by atoms with Crippen LogP contribution in [0.1, 0.15) is 50.4 Å². The van der Waals surface area contributed by atoms with Gasteiger partial charge in [-0.05, 0) is 57.0 Å². The fourth-order valence-electron chi connectivity index (χ4n) is 5.18. The Bertz CT molecular complexity index is 879. The van der Waals surface area contributed by atoms with E-state index in [2.05, 4.69) is 54.5 Å². The molecule has 0 spiro atoms. The van der Waals surface area contributed by atoms with Crippen molar-refractivity contribution >= 4 is 22.5 Å². The van der Waals surface area contributed by atoms with Gasteiger partial charge in [-0.3, -0.25) is 9.69 Å². The van der Waals surface area contributed by atoms with E-state index in [9.17, 15) is 4.79 Å². The number of piperidine rings is 1. The Labute approximate surface area is 149 Å². The van der Waals surface area contributed by atoms with Crippen LogP contribution in [-0.4, -0.2) is 28.5 Å². The van der Waals surface area contributed by atoms with E-state index in [1.807, 2.05) is 6.07 Å². The molecular weight excluding hydrogens is 310 g/mol. The van der Waals surface area contributed by atoms with Crippen LogP contribution in [0.2, 0.25) is 0 Å². The van der Waals surface area contributed by atoms with Crippen molar-refractivity contribution in [2.24, 2.45) is 11.1 Å². The van der Waals surface area contributed by atoms with Crippen LogP contribution >= 0.6 is 0 Å². The van der Waals surface area contributed by atoms with E-state index in [1.165, 1.54) is 23.1 Å². The van der Waals surface area contributed by atoms with Crippen molar-refractivity contribution in [3.63, 3.8) is 0 Å². The van der Waals surface area contributed by atoms with E-state index in [-0.39, 0.29) is 11.3 Å². The lowest BCUT2D eigenvalue weighted by Gasteiger charge is -2.51. The second-order valence-corrected chi connectivity index (χ2v) is 7.48. The van der Waals surface area contributed by atoms with Crippen LogP contribution in [0.15, 0.2) is 30.3 Å². The maximum atomic E-state index is 12.4. The molecule has 2 atom stereocenters. The number of rotatable bonds is 3. The van der Waals surface area contributed by atoms with Crippen molar-refractivity contribution in [3.8, 4) is 0 Å². The Balaban J connectivity index is 2.10. The number of para-hydroxylation sites is 1. The van der Waals surface area contributed by atoms with Crippen LogP contribution in [0.3, 0.4) is 0 Å². The van der Waals surface area contributed by atoms with Crippen molar-refractivity contribution in [1.29, 1.82) is 0 Å². The highest BCUT2D eigenvalue weighted by Crippen LogP contribution is 2.55. The van der Waals surface area contributed by atoms with E-state index in [1.54, 1.807) is 0 Å². The van der Waals surface area contributed by atoms with Crippen LogP contribution in [0, 0.1) is 12.3 Å². The second kappa shape index (κ2) is 5.73. The average molecular weight is 337 g/mol. The van der Waals surface area contributed by atoms with Gasteiger partial charge in [-0.2, -0.15) is 0 Å². The molecule has 25 heavy (non-hydrogen) atoms. The molecule has 0 unspecified atom stereocenters. The zero-order valence-corrected chi connectivity index (χ0v) is 15.4. The largest absolute Gasteiger partial charge is 0.364 e. The van der Waals surface area contributed by atoms with Crippen molar-refractivity contribution < 1.29 is 4.79 Å². The number of benzene rings is 1. The number of nitrogens with zero attached hydrogens (tertiary/aromatic N) is 2. The first-order chi connectivity index (χ1) is 12.0. The summed E-state index contributed by atoms with van der Waals surface area (Å²) in [6.45, 7) is 8.81. The zero-order chi connectivity index (χ0) is 17.8. The molecule has 0 bridgehead atoms. The monoisotopic (exact) mass is 337 g/mol. The average Bonchev–Trinajstić information content (AvgIpc) is 2.93. The number of aromatic nitrogens is 1. The van der Waals surface area contributed by atoms with Gasteiger partial charge in [-0.15, -0.1) is 0 Å². The SMILES string of the molecule is CCN1CCC[C@@]2(CC)C=C(C(N)=O)n3c(c(C)c4ccccc43)[C@@H]12. The highest BCUT2D eigenvalue weighted by atomic mass is 16.1. The lowest BCUT2D eigenvalue weighted by molar-refractivity contribution is -0.113. The number of fused-ring (bicyclic) bond motifs is 5. The van der Waals surface area contributed by atoms with E-state index in [0.717, 1.165) is 31.4 Å². The van der Waals surface area contributed by atoms with Crippen LogP contribution in [0.25, 0.3) is 16.6 Å². The topological polar surface area (TPSA) is 51.3 Å². The van der Waals surface area contributed by atoms with E-state index in [0.29, 0.717) is 11.7 Å². The number of carbonyl (C=O) groups is 1. The number of carbonyl (C=O) groups excluding carboxylic acids is 1. The van der Waals surface area contributed by atoms with Crippen molar-refractivity contribution in [3.05, 3.63) is 41.6 Å². The first-order valence-electron chi connectivity index (χ1n) is 9.41. The third kappa shape index (κ3) is 2.13. The summed E-state index contributed by atoms with van der Waals surface area (Å²) in [6.07, 6.45) is 5.50. The molecule has 2 aliphatic rings. The normalized spacial score (nSPS) is 26.2. The maximum absolute atomic E-state index is 12.4. The Hall–Kier alpha value is -2.07. The zero-order valence-electron chi connectivity index (χ0n) is 15.4. The molecule has 4 nitrogen and oxygen atoms in total. The molecule has 4 rings (SSSR count). The summed E-state index contributed by atoms with van der Waals surface area (Å²) in [6, 6.07) is 8.67. The fraction of sp³-hybridized carbons (Fsp3) is 0.476. The molecule has 2 aromatic rings. The van der Waals surface area contributed by atoms with Gasteiger partial charge >= 0.3 is 0 Å². The molecule has 1 saturated heterocycles. The molecule has 3 heterocycles. The minimum Gasteiger partial charge on any atom is -0.364 e.